The summed E-state index contributed by atoms with van der Waals surface area (Å²) in [6.07, 6.45) is 0. The van der Waals surface area contributed by atoms with E-state index in [0.717, 1.165) is 12.1 Å². The van der Waals surface area contributed by atoms with E-state index < -0.39 is 0 Å². The van der Waals surface area contributed by atoms with Crippen molar-refractivity contribution in [3.8, 4) is 22.9 Å². The molecule has 4 rings (SSSR count). The Labute approximate surface area is 168 Å². The van der Waals surface area contributed by atoms with E-state index in [-0.39, 0.29) is 23.0 Å². The molecule has 0 spiro atoms. The molecular weight excluding hydrogens is 370 g/mol. The largest absolute Gasteiger partial charge is 0.497 e. The molecule has 0 radical (unpaired) electrons. The van der Waals surface area contributed by atoms with E-state index in [0.29, 0.717) is 35.1 Å². The number of carbonyl (C=O) groups excluding carboxylic acids is 2. The van der Waals surface area contributed by atoms with E-state index in [1.807, 2.05) is 43.3 Å². The van der Waals surface area contributed by atoms with Crippen LogP contribution in [0.3, 0.4) is 0 Å². The second-order valence-electron chi connectivity index (χ2n) is 7.06. The van der Waals surface area contributed by atoms with Crippen molar-refractivity contribution in [1.29, 1.82) is 0 Å². The van der Waals surface area contributed by atoms with E-state index in [1.54, 1.807) is 18.2 Å². The van der Waals surface area contributed by atoms with E-state index in [4.69, 9.17) is 9.47 Å². The first-order valence-corrected chi connectivity index (χ1v) is 9.23. The highest BCUT2D eigenvalue weighted by molar-refractivity contribution is 6.27. The number of hydrogen-bond donors (Lipinski definition) is 1. The van der Waals surface area contributed by atoms with Crippen molar-refractivity contribution in [1.82, 2.24) is 14.9 Å². The van der Waals surface area contributed by atoms with Gasteiger partial charge in [-0.3, -0.25) is 9.59 Å². The zero-order chi connectivity index (χ0) is 20.5. The first-order valence-electron chi connectivity index (χ1n) is 9.23. The first-order chi connectivity index (χ1) is 14.0. The molecule has 1 aliphatic carbocycles. The molecule has 7 heteroatoms. The third-order valence-electron chi connectivity index (χ3n) is 4.78. The highest BCUT2D eigenvalue weighted by Gasteiger charge is 2.33. The number of benzene rings is 2. The maximum absolute atomic E-state index is 12.9. The van der Waals surface area contributed by atoms with E-state index >= 15 is 0 Å². The predicted molar refractivity (Wildman–Crippen MR) is 108 cm³/mol. The number of aromatic nitrogens is 2. The highest BCUT2D eigenvalue weighted by atomic mass is 16.5. The third-order valence-corrected chi connectivity index (χ3v) is 4.78. The van der Waals surface area contributed by atoms with E-state index in [2.05, 4.69) is 9.97 Å². The summed E-state index contributed by atoms with van der Waals surface area (Å²) in [4.78, 5) is 35.3. The Morgan fingerprint density at radius 2 is 1.83 bits per heavy atom. The van der Waals surface area contributed by atoms with Crippen molar-refractivity contribution in [2.45, 2.75) is 0 Å². The number of nitrogens with zero attached hydrogens (tertiary/aromatic N) is 2. The third kappa shape index (κ3) is 3.52. The Morgan fingerprint density at radius 1 is 1.00 bits per heavy atom. The highest BCUT2D eigenvalue weighted by Crippen LogP contribution is 2.31. The van der Waals surface area contributed by atoms with Crippen molar-refractivity contribution < 1.29 is 19.1 Å². The van der Waals surface area contributed by atoms with Crippen LogP contribution in [0.25, 0.3) is 11.4 Å². The van der Waals surface area contributed by atoms with Crippen molar-refractivity contribution in [2.75, 3.05) is 34.4 Å². The Kier molecular flexibility index (Phi) is 4.90. The van der Waals surface area contributed by atoms with Crippen LogP contribution in [0, 0.1) is 0 Å². The van der Waals surface area contributed by atoms with Crippen molar-refractivity contribution in [2.24, 2.45) is 0 Å². The summed E-state index contributed by atoms with van der Waals surface area (Å²) in [6, 6.07) is 12.3. The Hall–Kier alpha value is -3.45. The summed E-state index contributed by atoms with van der Waals surface area (Å²) < 4.78 is 10.9. The summed E-state index contributed by atoms with van der Waals surface area (Å²) in [5.41, 5.74) is 1.73. The van der Waals surface area contributed by atoms with Crippen LogP contribution in [0.15, 0.2) is 42.5 Å². The predicted octanol–water partition coefficient (Wildman–Crippen LogP) is 2.80. The Balaban J connectivity index is 1.66. The van der Waals surface area contributed by atoms with Crippen LogP contribution < -0.4 is 9.47 Å². The zero-order valence-electron chi connectivity index (χ0n) is 16.5. The molecule has 0 saturated heterocycles. The van der Waals surface area contributed by atoms with Crippen molar-refractivity contribution in [3.05, 3.63) is 65.0 Å². The summed E-state index contributed by atoms with van der Waals surface area (Å²) in [5.74, 6) is 1.12. The lowest BCUT2D eigenvalue weighted by Gasteiger charge is -2.13. The van der Waals surface area contributed by atoms with Gasteiger partial charge in [0.05, 0.1) is 7.11 Å². The van der Waals surface area contributed by atoms with Gasteiger partial charge in [0.1, 0.15) is 35.3 Å². The van der Waals surface area contributed by atoms with Gasteiger partial charge in [-0.05, 0) is 44.4 Å². The fraction of sp³-hybridized carbons (Fsp3) is 0.227. The SMILES string of the molecule is COc1ccc2c(c1)C(=O)c1[nH]c(-c3cccc(OCCN(C)C)c3)nc1C2=O. The number of nitrogens with one attached hydrogen (secondary N) is 1. The van der Waals surface area contributed by atoms with E-state index in [9.17, 15) is 9.59 Å². The average molecular weight is 391 g/mol. The average Bonchev–Trinajstić information content (AvgIpc) is 3.18. The molecule has 3 aromatic rings. The van der Waals surface area contributed by atoms with E-state index in [1.165, 1.54) is 7.11 Å². The fourth-order valence-corrected chi connectivity index (χ4v) is 3.22. The van der Waals surface area contributed by atoms with Crippen molar-refractivity contribution in [3.63, 3.8) is 0 Å². The maximum Gasteiger partial charge on any atom is 0.214 e. The quantitative estimate of drug-likeness (QED) is 0.544. The normalized spacial score (nSPS) is 12.7. The number of hydrogen-bond acceptors (Lipinski definition) is 6. The number of ketones is 2. The molecule has 0 bridgehead atoms. The summed E-state index contributed by atoms with van der Waals surface area (Å²) in [7, 11) is 5.48. The summed E-state index contributed by atoms with van der Waals surface area (Å²) in [5, 5.41) is 0. The van der Waals surface area contributed by atoms with Gasteiger partial charge in [-0.1, -0.05) is 12.1 Å². The minimum absolute atomic E-state index is 0.140. The first kappa shape index (κ1) is 18.9. The van der Waals surface area contributed by atoms with Gasteiger partial charge in [-0.15, -0.1) is 0 Å². The number of H-pyrrole nitrogens is 1. The molecular formula is C22H21N3O4. The van der Waals surface area contributed by atoms with Gasteiger partial charge in [-0.2, -0.15) is 0 Å². The number of ether oxygens (including phenoxy) is 2. The molecule has 1 aromatic heterocycles. The number of aromatic amines is 1. The maximum atomic E-state index is 12.9. The molecule has 0 saturated carbocycles. The standard InChI is InChI=1S/C22H21N3O4/c1-25(2)9-10-29-15-6-4-5-13(11-15)22-23-18-19(24-22)21(27)17-12-14(28-3)7-8-16(17)20(18)26/h4-8,11-12H,9-10H2,1-3H3,(H,23,24). The molecule has 2 aromatic carbocycles. The lowest BCUT2D eigenvalue weighted by Crippen LogP contribution is -2.20. The molecule has 29 heavy (non-hydrogen) atoms. The Bertz CT molecular complexity index is 1100. The minimum Gasteiger partial charge on any atom is -0.497 e. The molecule has 7 nitrogen and oxygen atoms in total. The molecule has 0 aliphatic heterocycles. The second-order valence-corrected chi connectivity index (χ2v) is 7.06. The van der Waals surface area contributed by atoms with Crippen LogP contribution in [0.4, 0.5) is 0 Å². The van der Waals surface area contributed by atoms with Gasteiger partial charge >= 0.3 is 0 Å². The van der Waals surface area contributed by atoms with Crippen LogP contribution in [0.2, 0.25) is 0 Å². The van der Waals surface area contributed by atoms with Gasteiger partial charge in [-0.25, -0.2) is 4.98 Å². The molecule has 0 fully saturated rings. The number of rotatable bonds is 6. The Morgan fingerprint density at radius 3 is 2.59 bits per heavy atom. The number of fused-ring (bicyclic) bond motifs is 2. The summed E-state index contributed by atoms with van der Waals surface area (Å²) in [6.45, 7) is 1.35. The molecule has 1 aliphatic rings. The van der Waals surface area contributed by atoms with Gasteiger partial charge in [0, 0.05) is 23.2 Å². The smallest absolute Gasteiger partial charge is 0.214 e. The molecule has 1 heterocycles. The van der Waals surface area contributed by atoms with Crippen molar-refractivity contribution >= 4 is 11.6 Å². The number of methoxy groups -OCH3 is 1. The number of likely N-dealkylation sites (N-methyl/N-ethyl adjacent to an activating group) is 1. The lowest BCUT2D eigenvalue weighted by molar-refractivity contribution is 0.0974. The molecule has 0 atom stereocenters. The van der Waals surface area contributed by atoms with Gasteiger partial charge < -0.3 is 19.4 Å². The minimum atomic E-state index is -0.279. The molecule has 0 amide bonds. The summed E-state index contributed by atoms with van der Waals surface area (Å²) >= 11 is 0. The van der Waals surface area contributed by atoms with Crippen LogP contribution in [0.1, 0.15) is 32.1 Å². The molecule has 148 valence electrons. The van der Waals surface area contributed by atoms with Crippen LogP contribution >= 0.6 is 0 Å². The fourth-order valence-electron chi connectivity index (χ4n) is 3.22. The zero-order valence-corrected chi connectivity index (χ0v) is 16.5. The molecule has 1 N–H and O–H groups in total. The van der Waals surface area contributed by atoms with Gasteiger partial charge in [0.25, 0.3) is 0 Å². The molecule has 0 unspecified atom stereocenters. The topological polar surface area (TPSA) is 84.5 Å². The second kappa shape index (κ2) is 7.52. The van der Waals surface area contributed by atoms with Gasteiger partial charge in [0.2, 0.25) is 11.6 Å². The van der Waals surface area contributed by atoms with Crippen LogP contribution in [-0.2, 0) is 0 Å². The number of carbonyl (C=O) groups is 2. The van der Waals surface area contributed by atoms with Crippen LogP contribution in [0.5, 0.6) is 11.5 Å². The van der Waals surface area contributed by atoms with Gasteiger partial charge in [0.15, 0.2) is 0 Å². The monoisotopic (exact) mass is 391 g/mol. The lowest BCUT2D eigenvalue weighted by atomic mass is 9.90. The number of imidazole rings is 1. The van der Waals surface area contributed by atoms with Crippen LogP contribution in [-0.4, -0.2) is 60.8 Å².